The first-order valence-corrected chi connectivity index (χ1v) is 7.04. The normalized spacial score (nSPS) is 14.1. The number of ether oxygens (including phenoxy) is 1. The third kappa shape index (κ3) is 3.25. The van der Waals surface area contributed by atoms with Gasteiger partial charge in [-0.05, 0) is 0 Å². The highest BCUT2D eigenvalue weighted by molar-refractivity contribution is 6.02. The van der Waals surface area contributed by atoms with Gasteiger partial charge in [-0.2, -0.15) is 5.10 Å². The molecule has 23 heavy (non-hydrogen) atoms. The second kappa shape index (κ2) is 5.99. The van der Waals surface area contributed by atoms with E-state index in [0.717, 1.165) is 0 Å². The maximum Gasteiger partial charge on any atom is 0.410 e. The zero-order chi connectivity index (χ0) is 16.4. The fourth-order valence-corrected chi connectivity index (χ4v) is 2.29. The minimum atomic E-state index is -0.409. The Morgan fingerprint density at radius 2 is 2.26 bits per heavy atom. The number of hydrogen-bond donors (Lipinski definition) is 2. The summed E-state index contributed by atoms with van der Waals surface area (Å²) in [5, 5.41) is 9.25. The number of nitrogens with one attached hydrogen (secondary N) is 2. The van der Waals surface area contributed by atoms with Crippen molar-refractivity contribution in [3.63, 3.8) is 0 Å². The molecule has 2 amide bonds. The number of nitrogens with zero attached hydrogens (tertiary/aromatic N) is 4. The molecule has 2 N–H and O–H groups in total. The van der Waals surface area contributed by atoms with E-state index in [1.807, 2.05) is 0 Å². The van der Waals surface area contributed by atoms with Crippen LogP contribution in [0.25, 0.3) is 0 Å². The molecule has 122 valence electrons. The van der Waals surface area contributed by atoms with E-state index in [1.165, 1.54) is 16.9 Å². The molecular weight excluding hydrogens is 304 g/mol. The number of H-pyrrole nitrogens is 1. The molecule has 1 aliphatic heterocycles. The number of carbonyl (C=O) groups is 2. The van der Waals surface area contributed by atoms with E-state index in [-0.39, 0.29) is 17.3 Å². The fraction of sp³-hybridized carbons (Fsp3) is 0.385. The van der Waals surface area contributed by atoms with Gasteiger partial charge in [0.2, 0.25) is 0 Å². The van der Waals surface area contributed by atoms with Crippen LogP contribution in [0.3, 0.4) is 0 Å². The lowest BCUT2D eigenvalue weighted by molar-refractivity contribution is 0.101. The van der Waals surface area contributed by atoms with Crippen molar-refractivity contribution in [2.24, 2.45) is 7.05 Å². The number of cyclic esters (lactones) is 1. The molecule has 0 bridgehead atoms. The Morgan fingerprint density at radius 3 is 2.91 bits per heavy atom. The minimum Gasteiger partial charge on any atom is -0.448 e. The standard InChI is InChI=1S/C13H16N6O4/c1-17-10(6-11(20)16-17)12(21)15-9-7-14-19(8-9)3-2-18-4-5-23-13(18)22/h6-8H,2-5H2,1H3,(H,15,21)(H,16,20). The van der Waals surface area contributed by atoms with Crippen molar-refractivity contribution in [1.29, 1.82) is 0 Å². The van der Waals surface area contributed by atoms with Crippen LogP contribution in [0, 0.1) is 0 Å². The summed E-state index contributed by atoms with van der Waals surface area (Å²) in [6, 6.07) is 1.22. The van der Waals surface area contributed by atoms with Crippen LogP contribution in [0.2, 0.25) is 0 Å². The molecule has 0 unspecified atom stereocenters. The Morgan fingerprint density at radius 1 is 1.43 bits per heavy atom. The molecule has 0 atom stereocenters. The lowest BCUT2D eigenvalue weighted by Gasteiger charge is -2.11. The van der Waals surface area contributed by atoms with Crippen LogP contribution in [-0.2, 0) is 18.3 Å². The summed E-state index contributed by atoms with van der Waals surface area (Å²) in [7, 11) is 1.58. The van der Waals surface area contributed by atoms with E-state index in [0.29, 0.717) is 31.9 Å². The Labute approximate surface area is 130 Å². The highest BCUT2D eigenvalue weighted by atomic mass is 16.6. The predicted molar refractivity (Wildman–Crippen MR) is 79.1 cm³/mol. The smallest absolute Gasteiger partial charge is 0.410 e. The fourth-order valence-electron chi connectivity index (χ4n) is 2.29. The molecule has 1 fully saturated rings. The zero-order valence-corrected chi connectivity index (χ0v) is 12.5. The van der Waals surface area contributed by atoms with Crippen LogP contribution >= 0.6 is 0 Å². The highest BCUT2D eigenvalue weighted by Crippen LogP contribution is 2.08. The molecule has 0 spiro atoms. The van der Waals surface area contributed by atoms with Crippen molar-refractivity contribution in [2.75, 3.05) is 25.0 Å². The summed E-state index contributed by atoms with van der Waals surface area (Å²) in [5.74, 6) is -0.409. The molecule has 1 saturated heterocycles. The van der Waals surface area contributed by atoms with Crippen LogP contribution in [0.5, 0.6) is 0 Å². The summed E-state index contributed by atoms with van der Waals surface area (Å²) >= 11 is 0. The summed E-state index contributed by atoms with van der Waals surface area (Å²) in [6.45, 7) is 1.97. The number of amides is 2. The topological polar surface area (TPSA) is 114 Å². The molecule has 10 nitrogen and oxygen atoms in total. The monoisotopic (exact) mass is 320 g/mol. The van der Waals surface area contributed by atoms with Crippen LogP contribution in [-0.4, -0.2) is 56.2 Å². The molecular formula is C13H16N6O4. The molecule has 2 aromatic heterocycles. The van der Waals surface area contributed by atoms with Gasteiger partial charge < -0.3 is 15.0 Å². The highest BCUT2D eigenvalue weighted by Gasteiger charge is 2.21. The van der Waals surface area contributed by atoms with Crippen molar-refractivity contribution in [2.45, 2.75) is 6.54 Å². The lowest BCUT2D eigenvalue weighted by atomic mass is 10.4. The molecule has 3 rings (SSSR count). The van der Waals surface area contributed by atoms with E-state index in [9.17, 15) is 14.4 Å². The van der Waals surface area contributed by atoms with E-state index in [2.05, 4.69) is 15.5 Å². The lowest BCUT2D eigenvalue weighted by Crippen LogP contribution is -2.28. The van der Waals surface area contributed by atoms with Crippen molar-refractivity contribution in [1.82, 2.24) is 24.5 Å². The van der Waals surface area contributed by atoms with Gasteiger partial charge in [0.05, 0.1) is 25.0 Å². The van der Waals surface area contributed by atoms with Crippen molar-refractivity contribution >= 4 is 17.7 Å². The van der Waals surface area contributed by atoms with Gasteiger partial charge in [0, 0.05) is 25.9 Å². The number of rotatable bonds is 5. The van der Waals surface area contributed by atoms with Gasteiger partial charge in [-0.15, -0.1) is 0 Å². The Balaban J connectivity index is 1.58. The molecule has 10 heteroatoms. The molecule has 0 aromatic carbocycles. The summed E-state index contributed by atoms with van der Waals surface area (Å²) in [5.41, 5.74) is 0.390. The van der Waals surface area contributed by atoms with Gasteiger partial charge >= 0.3 is 6.09 Å². The van der Waals surface area contributed by atoms with Crippen molar-refractivity contribution < 1.29 is 14.3 Å². The average molecular weight is 320 g/mol. The second-order valence-corrected chi connectivity index (χ2v) is 5.11. The number of aromatic amines is 1. The summed E-state index contributed by atoms with van der Waals surface area (Å²) in [4.78, 5) is 36.2. The first-order valence-electron chi connectivity index (χ1n) is 7.04. The number of aryl methyl sites for hydroxylation is 1. The molecule has 3 heterocycles. The van der Waals surface area contributed by atoms with Gasteiger partial charge in [0.1, 0.15) is 12.3 Å². The second-order valence-electron chi connectivity index (χ2n) is 5.11. The third-order valence-electron chi connectivity index (χ3n) is 3.47. The largest absolute Gasteiger partial charge is 0.448 e. The predicted octanol–water partition coefficient (Wildman–Crippen LogP) is -0.386. The molecule has 1 aliphatic rings. The van der Waals surface area contributed by atoms with Gasteiger partial charge in [0.15, 0.2) is 0 Å². The number of anilines is 1. The minimum absolute atomic E-state index is 0.225. The third-order valence-corrected chi connectivity index (χ3v) is 3.47. The van der Waals surface area contributed by atoms with Crippen LogP contribution in [0.1, 0.15) is 10.5 Å². The van der Waals surface area contributed by atoms with E-state index in [4.69, 9.17) is 4.74 Å². The van der Waals surface area contributed by atoms with E-state index < -0.39 is 5.91 Å². The maximum absolute atomic E-state index is 12.1. The van der Waals surface area contributed by atoms with Gasteiger partial charge in [-0.1, -0.05) is 0 Å². The van der Waals surface area contributed by atoms with Crippen LogP contribution < -0.4 is 10.9 Å². The first-order chi connectivity index (χ1) is 11.0. The first kappa shape index (κ1) is 14.9. The van der Waals surface area contributed by atoms with E-state index in [1.54, 1.807) is 22.8 Å². The Hall–Kier alpha value is -3.04. The summed E-state index contributed by atoms with van der Waals surface area (Å²) in [6.07, 6.45) is 2.84. The van der Waals surface area contributed by atoms with Crippen molar-refractivity contribution in [3.8, 4) is 0 Å². The quantitative estimate of drug-likeness (QED) is 0.779. The molecule has 0 aliphatic carbocycles. The Kier molecular flexibility index (Phi) is 3.87. The van der Waals surface area contributed by atoms with Crippen LogP contribution in [0.15, 0.2) is 23.3 Å². The zero-order valence-electron chi connectivity index (χ0n) is 12.5. The van der Waals surface area contributed by atoms with Gasteiger partial charge in [-0.25, -0.2) is 4.79 Å². The average Bonchev–Trinajstić information content (AvgIpc) is 3.18. The Bertz CT molecular complexity index is 788. The maximum atomic E-state index is 12.1. The van der Waals surface area contributed by atoms with Crippen LogP contribution in [0.4, 0.5) is 10.5 Å². The molecule has 0 radical (unpaired) electrons. The SMILES string of the molecule is Cn1[nH]c(=O)cc1C(=O)Nc1cnn(CCN2CCOC2=O)c1. The van der Waals surface area contributed by atoms with Gasteiger partial charge in [0.25, 0.3) is 11.5 Å². The number of hydrogen-bond acceptors (Lipinski definition) is 5. The number of carbonyl (C=O) groups excluding carboxylic acids is 2. The summed E-state index contributed by atoms with van der Waals surface area (Å²) < 4.78 is 7.81. The molecule has 0 saturated carbocycles. The number of aromatic nitrogens is 4. The van der Waals surface area contributed by atoms with Gasteiger partial charge in [-0.3, -0.25) is 24.1 Å². The van der Waals surface area contributed by atoms with Crippen molar-refractivity contribution in [3.05, 3.63) is 34.5 Å². The molecule has 2 aromatic rings. The van der Waals surface area contributed by atoms with E-state index >= 15 is 0 Å².